The van der Waals surface area contributed by atoms with Gasteiger partial charge in [-0.25, -0.2) is 4.79 Å². The fourth-order valence-corrected chi connectivity index (χ4v) is 2.84. The molecule has 0 saturated heterocycles. The van der Waals surface area contributed by atoms with Crippen LogP contribution >= 0.6 is 24.4 Å². The molecule has 3 amide bonds. The Kier molecular flexibility index (Phi) is 12.9. The van der Waals surface area contributed by atoms with Gasteiger partial charge in [0.15, 0.2) is 0 Å². The highest BCUT2D eigenvalue weighted by Gasteiger charge is 2.26. The quantitative estimate of drug-likeness (QED) is 0.213. The first-order valence-electron chi connectivity index (χ1n) is 8.57. The van der Waals surface area contributed by atoms with Crippen LogP contribution in [0.1, 0.15) is 26.7 Å². The first kappa shape index (κ1) is 25.5. The molecule has 0 saturated carbocycles. The predicted octanol–water partition coefficient (Wildman–Crippen LogP) is -0.787. The molecular formula is C16H30N4O5S2. The number of aliphatic carboxylic acids is 1. The third-order valence-corrected chi connectivity index (χ3v) is 4.55. The monoisotopic (exact) mass is 422 g/mol. The predicted molar refractivity (Wildman–Crippen MR) is 109 cm³/mol. The van der Waals surface area contributed by atoms with Crippen LogP contribution in [0.15, 0.2) is 0 Å². The molecule has 3 atom stereocenters. The average Bonchev–Trinajstić information content (AvgIpc) is 2.59. The van der Waals surface area contributed by atoms with Gasteiger partial charge in [0.05, 0.1) is 12.6 Å². The molecule has 11 heteroatoms. The van der Waals surface area contributed by atoms with Gasteiger partial charge in [-0.2, -0.15) is 24.4 Å². The molecule has 3 unspecified atom stereocenters. The van der Waals surface area contributed by atoms with Crippen molar-refractivity contribution in [1.82, 2.24) is 16.0 Å². The number of hydrogen-bond donors (Lipinski definition) is 6. The maximum Gasteiger partial charge on any atom is 0.327 e. The van der Waals surface area contributed by atoms with E-state index in [4.69, 9.17) is 10.8 Å². The number of nitrogens with one attached hydrogen (secondary N) is 3. The topological polar surface area (TPSA) is 151 Å². The first-order valence-corrected chi connectivity index (χ1v) is 10.6. The normalized spacial score (nSPS) is 14.1. The minimum atomic E-state index is -1.21. The number of thiol groups is 1. The Bertz CT molecular complexity index is 519. The molecule has 0 aromatic heterocycles. The number of amides is 3. The van der Waals surface area contributed by atoms with Crippen molar-refractivity contribution >= 4 is 48.1 Å². The maximum absolute atomic E-state index is 12.3. The van der Waals surface area contributed by atoms with E-state index in [1.807, 2.05) is 20.1 Å². The molecule has 0 aromatic rings. The number of carboxylic acids is 1. The smallest absolute Gasteiger partial charge is 0.327 e. The summed E-state index contributed by atoms with van der Waals surface area (Å²) in [6.07, 6.45) is 2.66. The van der Waals surface area contributed by atoms with Crippen LogP contribution in [0.25, 0.3) is 0 Å². The fraction of sp³-hybridized carbons (Fsp3) is 0.750. The summed E-state index contributed by atoms with van der Waals surface area (Å²) in [6, 6.07) is -2.77. The van der Waals surface area contributed by atoms with Gasteiger partial charge < -0.3 is 26.8 Å². The lowest BCUT2D eigenvalue weighted by Crippen LogP contribution is -2.54. The molecule has 0 fully saturated rings. The second kappa shape index (κ2) is 13.7. The average molecular weight is 423 g/mol. The molecule has 0 spiro atoms. The van der Waals surface area contributed by atoms with Gasteiger partial charge in [-0.15, -0.1) is 0 Å². The zero-order valence-corrected chi connectivity index (χ0v) is 17.6. The van der Waals surface area contributed by atoms with Gasteiger partial charge in [0.25, 0.3) is 0 Å². The Balaban J connectivity index is 4.69. The third kappa shape index (κ3) is 11.1. The molecule has 0 bridgehead atoms. The SMILES string of the molecule is CSCCC(NC(=O)CNC(=O)C(N)CC(C)C)C(=O)NC(CS)C(=O)O. The zero-order chi connectivity index (χ0) is 21.0. The highest BCUT2D eigenvalue weighted by molar-refractivity contribution is 7.98. The van der Waals surface area contributed by atoms with Crippen molar-refractivity contribution in [3.05, 3.63) is 0 Å². The van der Waals surface area contributed by atoms with Gasteiger partial charge in [-0.05, 0) is 30.8 Å². The molecular weight excluding hydrogens is 392 g/mol. The van der Waals surface area contributed by atoms with Gasteiger partial charge in [-0.1, -0.05) is 13.8 Å². The van der Waals surface area contributed by atoms with E-state index in [0.29, 0.717) is 18.6 Å². The van der Waals surface area contributed by atoms with E-state index in [9.17, 15) is 19.2 Å². The summed E-state index contributed by atoms with van der Waals surface area (Å²) in [5, 5.41) is 16.3. The molecule has 0 aliphatic carbocycles. The second-order valence-corrected chi connectivity index (χ2v) is 7.79. The molecule has 0 aromatic carbocycles. The van der Waals surface area contributed by atoms with Crippen molar-refractivity contribution in [3.8, 4) is 0 Å². The van der Waals surface area contributed by atoms with Crippen LogP contribution in [-0.4, -0.2) is 71.2 Å². The van der Waals surface area contributed by atoms with Crippen molar-refractivity contribution < 1.29 is 24.3 Å². The summed E-state index contributed by atoms with van der Waals surface area (Å²) < 4.78 is 0. The van der Waals surface area contributed by atoms with E-state index in [-0.39, 0.29) is 18.2 Å². The standard InChI is InChI=1S/C16H30N4O5S2/c1-9(2)6-10(17)14(22)18-7-13(21)19-11(4-5-27-3)15(23)20-12(8-26)16(24)25/h9-12,26H,4-8,17H2,1-3H3,(H,18,22)(H,19,21)(H,20,23)(H,24,25). The zero-order valence-electron chi connectivity index (χ0n) is 15.9. The van der Waals surface area contributed by atoms with Crippen molar-refractivity contribution in [1.29, 1.82) is 0 Å². The Morgan fingerprint density at radius 1 is 1.11 bits per heavy atom. The van der Waals surface area contributed by atoms with Crippen molar-refractivity contribution in [2.45, 2.75) is 44.8 Å². The van der Waals surface area contributed by atoms with Gasteiger partial charge >= 0.3 is 5.97 Å². The van der Waals surface area contributed by atoms with Crippen molar-refractivity contribution in [2.75, 3.05) is 24.3 Å². The molecule has 0 rings (SSSR count). The molecule has 27 heavy (non-hydrogen) atoms. The largest absolute Gasteiger partial charge is 0.480 e. The summed E-state index contributed by atoms with van der Waals surface area (Å²) in [4.78, 5) is 47.3. The van der Waals surface area contributed by atoms with Crippen molar-refractivity contribution in [3.63, 3.8) is 0 Å². The lowest BCUT2D eigenvalue weighted by atomic mass is 10.0. The highest BCUT2D eigenvalue weighted by atomic mass is 32.2. The van der Waals surface area contributed by atoms with E-state index in [2.05, 4.69) is 28.6 Å². The van der Waals surface area contributed by atoms with E-state index in [0.717, 1.165) is 0 Å². The van der Waals surface area contributed by atoms with Crippen LogP contribution in [0.5, 0.6) is 0 Å². The number of carboxylic acid groups (broad SMARTS) is 1. The van der Waals surface area contributed by atoms with Gasteiger partial charge in [0.2, 0.25) is 17.7 Å². The first-order chi connectivity index (χ1) is 12.6. The Hall–Kier alpha value is -1.46. The van der Waals surface area contributed by atoms with Gasteiger partial charge in [-0.3, -0.25) is 14.4 Å². The van der Waals surface area contributed by atoms with E-state index in [1.165, 1.54) is 11.8 Å². The Morgan fingerprint density at radius 3 is 2.22 bits per heavy atom. The van der Waals surface area contributed by atoms with Crippen LogP contribution in [0, 0.1) is 5.92 Å². The lowest BCUT2D eigenvalue weighted by Gasteiger charge is -2.21. The number of rotatable bonds is 13. The summed E-state index contributed by atoms with van der Waals surface area (Å²) in [5.41, 5.74) is 5.74. The number of carbonyl (C=O) groups is 4. The van der Waals surface area contributed by atoms with Crippen LogP contribution in [0.2, 0.25) is 0 Å². The van der Waals surface area contributed by atoms with Gasteiger partial charge in [0.1, 0.15) is 12.1 Å². The highest BCUT2D eigenvalue weighted by Crippen LogP contribution is 2.03. The summed E-state index contributed by atoms with van der Waals surface area (Å²) in [5.74, 6) is -2.06. The summed E-state index contributed by atoms with van der Waals surface area (Å²) in [6.45, 7) is 3.55. The van der Waals surface area contributed by atoms with Crippen LogP contribution in [0.4, 0.5) is 0 Å². The molecule has 0 aliphatic rings. The van der Waals surface area contributed by atoms with Crippen LogP contribution < -0.4 is 21.7 Å². The molecule has 6 N–H and O–H groups in total. The minimum absolute atomic E-state index is 0.0753. The van der Waals surface area contributed by atoms with E-state index >= 15 is 0 Å². The van der Waals surface area contributed by atoms with Gasteiger partial charge in [0, 0.05) is 5.75 Å². The molecule has 0 aliphatic heterocycles. The van der Waals surface area contributed by atoms with E-state index in [1.54, 1.807) is 0 Å². The molecule has 9 nitrogen and oxygen atoms in total. The van der Waals surface area contributed by atoms with Crippen LogP contribution in [-0.2, 0) is 19.2 Å². The fourth-order valence-electron chi connectivity index (χ4n) is 2.12. The number of nitrogens with two attached hydrogens (primary N) is 1. The molecule has 0 heterocycles. The summed E-state index contributed by atoms with van der Waals surface area (Å²) in [7, 11) is 0. The summed E-state index contributed by atoms with van der Waals surface area (Å²) >= 11 is 5.37. The minimum Gasteiger partial charge on any atom is -0.480 e. The Morgan fingerprint density at radius 2 is 1.74 bits per heavy atom. The maximum atomic E-state index is 12.3. The molecule has 156 valence electrons. The molecule has 0 radical (unpaired) electrons. The van der Waals surface area contributed by atoms with Crippen molar-refractivity contribution in [2.24, 2.45) is 11.7 Å². The van der Waals surface area contributed by atoms with Crippen LogP contribution in [0.3, 0.4) is 0 Å². The number of hydrogen-bond acceptors (Lipinski definition) is 7. The second-order valence-electron chi connectivity index (χ2n) is 6.44. The van der Waals surface area contributed by atoms with E-state index < -0.39 is 41.8 Å². The number of thioether (sulfide) groups is 1. The lowest BCUT2D eigenvalue weighted by molar-refractivity contribution is -0.141. The third-order valence-electron chi connectivity index (χ3n) is 3.54. The Labute approximate surface area is 169 Å². The number of carbonyl (C=O) groups excluding carboxylic acids is 3.